The molecule has 2 aromatic carbocycles. The number of amides is 8. The van der Waals surface area contributed by atoms with E-state index in [4.69, 9.17) is 16.6 Å². The highest BCUT2D eigenvalue weighted by Gasteiger charge is 2.36. The maximum atomic E-state index is 14.2. The quantitative estimate of drug-likeness (QED) is 0.0196. The summed E-state index contributed by atoms with van der Waals surface area (Å²) < 4.78 is 0. The van der Waals surface area contributed by atoms with E-state index in [1.807, 2.05) is 0 Å². The summed E-state index contributed by atoms with van der Waals surface area (Å²) in [7, 11) is 0. The first kappa shape index (κ1) is 65.0. The van der Waals surface area contributed by atoms with Crippen LogP contribution in [0.5, 0.6) is 11.5 Å². The number of benzene rings is 2. The molecule has 0 unspecified atom stereocenters. The minimum Gasteiger partial charge on any atom is -0.508 e. The van der Waals surface area contributed by atoms with Gasteiger partial charge in [-0.25, -0.2) is 14.8 Å². The van der Waals surface area contributed by atoms with Crippen LogP contribution in [0.3, 0.4) is 0 Å². The van der Waals surface area contributed by atoms with Crippen molar-refractivity contribution in [1.82, 2.24) is 62.5 Å². The van der Waals surface area contributed by atoms with Gasteiger partial charge in [-0.1, -0.05) is 24.3 Å². The van der Waals surface area contributed by atoms with Crippen LogP contribution in [0.15, 0.2) is 73.6 Å². The van der Waals surface area contributed by atoms with Crippen LogP contribution in [0.2, 0.25) is 0 Å². The monoisotopic (exact) mass is 1150 g/mol. The van der Waals surface area contributed by atoms with E-state index in [-0.39, 0.29) is 50.1 Å². The number of carbonyl (C=O) groups excluding carboxylic acids is 8. The Morgan fingerprint density at radius 3 is 1.30 bits per heavy atom. The largest absolute Gasteiger partial charge is 0.508 e. The van der Waals surface area contributed by atoms with Gasteiger partial charge in [0.15, 0.2) is 0 Å². The number of carboxylic acids is 3. The van der Waals surface area contributed by atoms with Crippen LogP contribution in [-0.2, 0) is 78.4 Å². The number of aromatic hydroxyl groups is 2. The number of nitrogens with one attached hydrogen (secondary N) is 10. The zero-order chi connectivity index (χ0) is 60.6. The molecule has 82 heavy (non-hydrogen) atoms. The number of aromatic amines is 2. The molecule has 2 aromatic heterocycles. The average molecular weight is 1150 g/mol. The van der Waals surface area contributed by atoms with E-state index in [1.54, 1.807) is 0 Å². The zero-order valence-electron chi connectivity index (χ0n) is 44.5. The van der Waals surface area contributed by atoms with E-state index in [2.05, 4.69) is 62.5 Å². The first-order valence-corrected chi connectivity index (χ1v) is 25.6. The Hall–Kier alpha value is -9.49. The molecule has 2 heterocycles. The number of aliphatic hydroxyl groups is 1. The first-order chi connectivity index (χ1) is 38.8. The number of carbonyl (C=O) groups is 11. The number of unbranched alkanes of at least 4 members (excludes halogenated alkanes) is 1. The normalized spacial score (nSPS) is 14.7. The van der Waals surface area contributed by atoms with Crippen LogP contribution in [0, 0.1) is 0 Å². The van der Waals surface area contributed by atoms with Crippen molar-refractivity contribution in [2.45, 2.75) is 132 Å². The van der Waals surface area contributed by atoms with Crippen LogP contribution in [0.25, 0.3) is 0 Å². The summed E-state index contributed by atoms with van der Waals surface area (Å²) in [5.74, 6) is -13.4. The Labute approximate surface area is 467 Å². The van der Waals surface area contributed by atoms with Gasteiger partial charge in [0.2, 0.25) is 47.3 Å². The second kappa shape index (κ2) is 31.9. The average Bonchev–Trinajstić information content (AvgIpc) is 4.20. The molecule has 0 spiro atoms. The van der Waals surface area contributed by atoms with Crippen molar-refractivity contribution in [1.29, 1.82) is 0 Å². The number of imidazole rings is 2. The standard InChI is InChI=1S/C51H68N14O17/c1-25(58-45(75)39(20-41(71)72)63-46(76)35(15-27-6-10-31(67)11-7-27)61-49(79)37(17-29-21-54-23-56-29)60-44(74)33(53)19-40(69)70)43(73)65-42(26(2)66)50(80)64-36(16-28-8-12-32(68)13-9-28)47(77)62-38(18-30-22-55-24-57-30)48(78)59-34(51(81)82)5-3-4-14-52/h6-13,21-26,33-39,42,66-68H,3-5,14-20,52-53H2,1-2H3,(H,54,56)(H,55,57)(H,58,75)(H,59,78)(H,60,74)(H,61,79)(H,62,77)(H,63,76)(H,64,80)(H,65,73)(H,69,70)(H,71,72)(H,81,82)/t25-,26+,33-,34-,35-,36-,37-,38-,39-,42-/m0/s1. The van der Waals surface area contributed by atoms with Gasteiger partial charge >= 0.3 is 17.9 Å². The number of carboxylic acid groups (broad SMARTS) is 3. The second-order valence-corrected chi connectivity index (χ2v) is 19.1. The number of aliphatic carboxylic acids is 3. The summed E-state index contributed by atoms with van der Waals surface area (Å²) in [5, 5.41) is 78.4. The molecule has 0 aliphatic carbocycles. The minimum absolute atomic E-state index is 0.0124. The lowest BCUT2D eigenvalue weighted by Gasteiger charge is -2.28. The molecule has 0 saturated heterocycles. The SMILES string of the molecule is C[C@H](NC(=O)[C@H](CC(=O)O)NC(=O)[C@H](Cc1ccc(O)cc1)NC(=O)[C@H](Cc1cnc[nH]1)NC(=O)[C@@H](N)CC(=O)O)C(=O)N[C@H](C(=O)N[C@@H](Cc1ccc(O)cc1)C(=O)N[C@@H](Cc1cnc[nH]1)C(=O)N[C@@H](CCCCN)C(=O)O)[C@@H](C)O. The molecule has 444 valence electrons. The molecular formula is C51H68N14O17. The number of phenolic OH excluding ortho intramolecular Hbond substituents is 2. The third-order valence-electron chi connectivity index (χ3n) is 12.4. The molecule has 0 bridgehead atoms. The van der Waals surface area contributed by atoms with Crippen LogP contribution >= 0.6 is 0 Å². The lowest BCUT2D eigenvalue weighted by Crippen LogP contribution is -2.62. The van der Waals surface area contributed by atoms with Crippen molar-refractivity contribution < 1.29 is 83.4 Å². The highest BCUT2D eigenvalue weighted by molar-refractivity contribution is 5.99. The number of phenols is 2. The van der Waals surface area contributed by atoms with Crippen LogP contribution in [-0.4, -0.2) is 183 Å². The van der Waals surface area contributed by atoms with E-state index < -0.39 is 138 Å². The fraction of sp³-hybridized carbons (Fsp3) is 0.431. The predicted octanol–water partition coefficient (Wildman–Crippen LogP) is -4.42. The Morgan fingerprint density at radius 1 is 0.500 bits per heavy atom. The number of hydrogen-bond donors (Lipinski definition) is 18. The molecule has 10 atom stereocenters. The second-order valence-electron chi connectivity index (χ2n) is 19.1. The van der Waals surface area contributed by atoms with Gasteiger partial charge in [0.05, 0.1) is 37.6 Å². The molecule has 0 aliphatic heterocycles. The molecule has 4 aromatic rings. The summed E-state index contributed by atoms with van der Waals surface area (Å²) in [4.78, 5) is 159. The van der Waals surface area contributed by atoms with Crippen molar-refractivity contribution in [2.24, 2.45) is 11.5 Å². The molecule has 20 N–H and O–H groups in total. The van der Waals surface area contributed by atoms with E-state index >= 15 is 0 Å². The van der Waals surface area contributed by atoms with E-state index in [0.717, 1.165) is 13.8 Å². The fourth-order valence-electron chi connectivity index (χ4n) is 7.91. The molecule has 31 heteroatoms. The fourth-order valence-corrected chi connectivity index (χ4v) is 7.91. The predicted molar refractivity (Wildman–Crippen MR) is 284 cm³/mol. The Kier molecular flexibility index (Phi) is 25.3. The van der Waals surface area contributed by atoms with Crippen LogP contribution in [0.1, 0.15) is 68.5 Å². The number of rotatable bonds is 34. The highest BCUT2D eigenvalue weighted by atomic mass is 16.4. The molecule has 0 fully saturated rings. The maximum Gasteiger partial charge on any atom is 0.326 e. The number of hydrogen-bond acceptors (Lipinski definition) is 18. The van der Waals surface area contributed by atoms with E-state index in [0.29, 0.717) is 35.4 Å². The molecular weight excluding hydrogens is 1080 g/mol. The zero-order valence-corrected chi connectivity index (χ0v) is 44.5. The van der Waals surface area contributed by atoms with Gasteiger partial charge < -0.3 is 94.6 Å². The van der Waals surface area contributed by atoms with Gasteiger partial charge in [-0.15, -0.1) is 0 Å². The number of H-pyrrole nitrogens is 2. The summed E-state index contributed by atoms with van der Waals surface area (Å²) in [6.07, 6.45) is 1.25. The summed E-state index contributed by atoms with van der Waals surface area (Å²) >= 11 is 0. The van der Waals surface area contributed by atoms with Gasteiger partial charge in [-0.2, -0.15) is 0 Å². The van der Waals surface area contributed by atoms with E-state index in [9.17, 15) is 78.3 Å². The van der Waals surface area contributed by atoms with Crippen molar-refractivity contribution in [3.8, 4) is 11.5 Å². The van der Waals surface area contributed by atoms with Gasteiger partial charge in [0, 0.05) is 49.5 Å². The Morgan fingerprint density at radius 2 is 0.902 bits per heavy atom. The number of aromatic nitrogens is 4. The third kappa shape index (κ3) is 21.6. The Balaban J connectivity index is 1.54. The topological polar surface area (TPSA) is 515 Å². The third-order valence-corrected chi connectivity index (χ3v) is 12.4. The summed E-state index contributed by atoms with van der Waals surface area (Å²) in [5.41, 5.74) is 12.6. The lowest BCUT2D eigenvalue weighted by molar-refractivity contribution is -0.142. The number of nitrogens with zero attached hydrogens (tertiary/aromatic N) is 2. The van der Waals surface area contributed by atoms with Crippen LogP contribution in [0.4, 0.5) is 0 Å². The van der Waals surface area contributed by atoms with E-state index in [1.165, 1.54) is 73.6 Å². The van der Waals surface area contributed by atoms with Crippen molar-refractivity contribution in [3.05, 3.63) is 96.1 Å². The molecule has 4 rings (SSSR count). The maximum absolute atomic E-state index is 14.2. The van der Waals surface area contributed by atoms with Gasteiger partial charge in [-0.05, 0) is 75.0 Å². The molecule has 31 nitrogen and oxygen atoms in total. The Bertz CT molecular complexity index is 2820. The van der Waals surface area contributed by atoms with Gasteiger partial charge in [0.1, 0.15) is 59.8 Å². The smallest absolute Gasteiger partial charge is 0.326 e. The molecule has 0 aliphatic rings. The molecule has 8 amide bonds. The van der Waals surface area contributed by atoms with Gasteiger partial charge in [0.25, 0.3) is 0 Å². The number of nitrogens with two attached hydrogens (primary N) is 2. The minimum atomic E-state index is -1.98. The van der Waals surface area contributed by atoms with Crippen molar-refractivity contribution in [2.75, 3.05) is 6.54 Å². The summed E-state index contributed by atoms with van der Waals surface area (Å²) in [6.45, 7) is 2.48. The number of aliphatic hydroxyl groups excluding tert-OH is 1. The van der Waals surface area contributed by atoms with Crippen molar-refractivity contribution >= 4 is 65.2 Å². The first-order valence-electron chi connectivity index (χ1n) is 25.6. The molecule has 0 radical (unpaired) electrons. The van der Waals surface area contributed by atoms with Crippen LogP contribution < -0.4 is 54.0 Å². The highest BCUT2D eigenvalue weighted by Crippen LogP contribution is 2.15. The van der Waals surface area contributed by atoms with Crippen molar-refractivity contribution in [3.63, 3.8) is 0 Å². The lowest BCUT2D eigenvalue weighted by atomic mass is 10.0. The van der Waals surface area contributed by atoms with Gasteiger partial charge in [-0.3, -0.25) is 47.9 Å². The summed E-state index contributed by atoms with van der Waals surface area (Å²) in [6, 6.07) is -4.03. The molecule has 0 saturated carbocycles.